The van der Waals surface area contributed by atoms with Gasteiger partial charge in [-0.25, -0.2) is 4.39 Å². The number of amides is 1. The van der Waals surface area contributed by atoms with Crippen LogP contribution < -0.4 is 15.0 Å². The van der Waals surface area contributed by atoms with Gasteiger partial charge in [0.05, 0.1) is 18.8 Å². The van der Waals surface area contributed by atoms with Gasteiger partial charge in [-0.1, -0.05) is 18.2 Å². The van der Waals surface area contributed by atoms with Gasteiger partial charge in [-0.2, -0.15) is 0 Å². The monoisotopic (exact) mass is 455 g/mol. The maximum Gasteiger partial charge on any atom is 0.254 e. The van der Waals surface area contributed by atoms with Crippen LogP contribution in [0.4, 0.5) is 10.1 Å². The van der Waals surface area contributed by atoms with Crippen LogP contribution in [0.15, 0.2) is 42.5 Å². The molecule has 1 N–H and O–H groups in total. The van der Waals surface area contributed by atoms with E-state index in [1.165, 1.54) is 6.07 Å². The van der Waals surface area contributed by atoms with Gasteiger partial charge in [0.25, 0.3) is 5.91 Å². The normalized spacial score (nSPS) is 18.4. The fourth-order valence-corrected chi connectivity index (χ4v) is 4.19. The summed E-state index contributed by atoms with van der Waals surface area (Å²) in [6, 6.07) is 12.5. The number of anilines is 1. The number of nitrogens with zero attached hydrogens (tertiary/aromatic N) is 2. The van der Waals surface area contributed by atoms with E-state index in [9.17, 15) is 9.18 Å². The zero-order chi connectivity index (χ0) is 19.5. The number of nitrogens with one attached hydrogen (secondary N) is 1. The van der Waals surface area contributed by atoms with Gasteiger partial charge in [-0.05, 0) is 37.1 Å². The SMILES string of the molecule is COc1ccccc1C1CNCCN1C(=O)c1ccc(N2CCCC2)c(F)c1.Cl.Cl. The molecule has 0 spiro atoms. The van der Waals surface area contributed by atoms with Gasteiger partial charge in [0.15, 0.2) is 0 Å². The van der Waals surface area contributed by atoms with Crippen molar-refractivity contribution in [2.45, 2.75) is 18.9 Å². The number of hydrogen-bond donors (Lipinski definition) is 1. The van der Waals surface area contributed by atoms with Crippen molar-refractivity contribution < 1.29 is 13.9 Å². The summed E-state index contributed by atoms with van der Waals surface area (Å²) >= 11 is 0. The molecule has 2 aliphatic rings. The van der Waals surface area contributed by atoms with Crippen molar-refractivity contribution in [2.24, 2.45) is 0 Å². The maximum absolute atomic E-state index is 14.7. The van der Waals surface area contributed by atoms with Gasteiger partial charge >= 0.3 is 0 Å². The fourth-order valence-electron chi connectivity index (χ4n) is 4.19. The lowest BCUT2D eigenvalue weighted by molar-refractivity contribution is 0.0631. The summed E-state index contributed by atoms with van der Waals surface area (Å²) in [5.41, 5.74) is 1.94. The summed E-state index contributed by atoms with van der Waals surface area (Å²) < 4.78 is 20.2. The van der Waals surface area contributed by atoms with E-state index in [-0.39, 0.29) is 42.6 Å². The molecular weight excluding hydrogens is 428 g/mol. The summed E-state index contributed by atoms with van der Waals surface area (Å²) in [4.78, 5) is 17.1. The second-order valence-corrected chi connectivity index (χ2v) is 7.32. The predicted molar refractivity (Wildman–Crippen MR) is 122 cm³/mol. The predicted octanol–water partition coefficient (Wildman–Crippen LogP) is 4.06. The molecule has 1 amide bonds. The van der Waals surface area contributed by atoms with Gasteiger partial charge in [0.1, 0.15) is 11.6 Å². The Balaban J connectivity index is 0.00000160. The van der Waals surface area contributed by atoms with Gasteiger partial charge in [-0.15, -0.1) is 24.8 Å². The molecule has 8 heteroatoms. The molecule has 2 aliphatic heterocycles. The highest BCUT2D eigenvalue weighted by molar-refractivity contribution is 5.95. The molecule has 0 aromatic heterocycles. The number of methoxy groups -OCH3 is 1. The molecule has 4 rings (SSSR count). The summed E-state index contributed by atoms with van der Waals surface area (Å²) in [5, 5.41) is 3.35. The first-order valence-corrected chi connectivity index (χ1v) is 9.88. The highest BCUT2D eigenvalue weighted by atomic mass is 35.5. The van der Waals surface area contributed by atoms with Crippen molar-refractivity contribution >= 4 is 36.4 Å². The van der Waals surface area contributed by atoms with E-state index in [1.807, 2.05) is 34.1 Å². The van der Waals surface area contributed by atoms with E-state index >= 15 is 0 Å². The number of piperazine rings is 1. The number of carbonyl (C=O) groups is 1. The number of rotatable bonds is 4. The smallest absolute Gasteiger partial charge is 0.254 e. The lowest BCUT2D eigenvalue weighted by Crippen LogP contribution is -2.48. The van der Waals surface area contributed by atoms with Crippen LogP contribution in [0.1, 0.15) is 34.8 Å². The first kappa shape index (κ1) is 24.3. The minimum Gasteiger partial charge on any atom is -0.496 e. The van der Waals surface area contributed by atoms with Crippen LogP contribution in [0.5, 0.6) is 5.75 Å². The Morgan fingerprint density at radius 1 is 1.10 bits per heavy atom. The molecule has 2 heterocycles. The minimum absolute atomic E-state index is 0. The Bertz CT molecular complexity index is 862. The summed E-state index contributed by atoms with van der Waals surface area (Å²) in [7, 11) is 1.63. The zero-order valence-electron chi connectivity index (χ0n) is 17.0. The van der Waals surface area contributed by atoms with Crippen LogP contribution >= 0.6 is 24.8 Å². The van der Waals surface area contributed by atoms with Crippen molar-refractivity contribution in [1.29, 1.82) is 0 Å². The molecule has 30 heavy (non-hydrogen) atoms. The number of para-hydroxylation sites is 1. The molecule has 0 bridgehead atoms. The van der Waals surface area contributed by atoms with Crippen LogP contribution in [0.25, 0.3) is 0 Å². The Labute approximate surface area is 189 Å². The van der Waals surface area contributed by atoms with E-state index < -0.39 is 0 Å². The van der Waals surface area contributed by atoms with Gasteiger partial charge < -0.3 is 19.9 Å². The largest absolute Gasteiger partial charge is 0.496 e. The summed E-state index contributed by atoms with van der Waals surface area (Å²) in [5.74, 6) is 0.283. The van der Waals surface area contributed by atoms with Crippen LogP contribution in [-0.4, -0.2) is 50.6 Å². The molecule has 164 valence electrons. The second kappa shape index (κ2) is 10.8. The van der Waals surface area contributed by atoms with Crippen molar-refractivity contribution in [2.75, 3.05) is 44.7 Å². The van der Waals surface area contributed by atoms with Crippen LogP contribution in [0.2, 0.25) is 0 Å². The van der Waals surface area contributed by atoms with Gasteiger partial charge in [0.2, 0.25) is 0 Å². The van der Waals surface area contributed by atoms with Crippen LogP contribution in [0, 0.1) is 5.82 Å². The lowest BCUT2D eigenvalue weighted by atomic mass is 10.0. The molecule has 5 nitrogen and oxygen atoms in total. The van der Waals surface area contributed by atoms with Crippen LogP contribution in [-0.2, 0) is 0 Å². The first-order valence-electron chi connectivity index (χ1n) is 9.88. The highest BCUT2D eigenvalue weighted by Gasteiger charge is 2.31. The molecule has 2 fully saturated rings. The maximum atomic E-state index is 14.7. The van der Waals surface area contributed by atoms with Crippen LogP contribution in [0.3, 0.4) is 0 Å². The lowest BCUT2D eigenvalue weighted by Gasteiger charge is -2.37. The third-order valence-corrected chi connectivity index (χ3v) is 5.64. The second-order valence-electron chi connectivity index (χ2n) is 7.32. The Kier molecular flexibility index (Phi) is 8.77. The van der Waals surface area contributed by atoms with Gasteiger partial charge in [0, 0.05) is 43.9 Å². The average Bonchev–Trinajstić information content (AvgIpc) is 3.27. The molecule has 1 unspecified atom stereocenters. The van der Waals surface area contributed by atoms with E-state index in [2.05, 4.69) is 5.32 Å². The number of benzene rings is 2. The quantitative estimate of drug-likeness (QED) is 0.754. The Morgan fingerprint density at radius 2 is 1.83 bits per heavy atom. The van der Waals surface area contributed by atoms with E-state index in [1.54, 1.807) is 19.2 Å². The zero-order valence-corrected chi connectivity index (χ0v) is 18.6. The number of halogens is 3. The summed E-state index contributed by atoms with van der Waals surface area (Å²) in [6.07, 6.45) is 2.17. The first-order chi connectivity index (χ1) is 13.7. The van der Waals surface area contributed by atoms with Gasteiger partial charge in [-0.3, -0.25) is 4.79 Å². The Morgan fingerprint density at radius 3 is 2.53 bits per heavy atom. The highest BCUT2D eigenvalue weighted by Crippen LogP contribution is 2.32. The molecule has 0 saturated carbocycles. The standard InChI is InChI=1S/C22H26FN3O2.2ClH/c1-28-21-7-3-2-6-17(21)20-15-24-10-13-26(20)22(27)16-8-9-19(18(23)14-16)25-11-4-5-12-25;;/h2-3,6-9,14,20,24H,4-5,10-13,15H2,1H3;2*1H. The van der Waals surface area contributed by atoms with E-state index in [0.29, 0.717) is 30.9 Å². The number of hydrogen-bond acceptors (Lipinski definition) is 4. The average molecular weight is 456 g/mol. The van der Waals surface area contributed by atoms with E-state index in [4.69, 9.17) is 4.74 Å². The summed E-state index contributed by atoms with van der Waals surface area (Å²) in [6.45, 7) is 3.67. The molecule has 2 aromatic carbocycles. The molecule has 2 saturated heterocycles. The minimum atomic E-state index is -0.322. The molecule has 1 atom stereocenters. The molecule has 0 aliphatic carbocycles. The fraction of sp³-hybridized carbons (Fsp3) is 0.409. The Hall–Kier alpha value is -2.02. The third kappa shape index (κ3) is 4.82. The van der Waals surface area contributed by atoms with Crippen molar-refractivity contribution in [3.63, 3.8) is 0 Å². The number of ether oxygens (including phenoxy) is 1. The molecule has 0 radical (unpaired) electrons. The van der Waals surface area contributed by atoms with Crippen molar-refractivity contribution in [3.8, 4) is 5.75 Å². The van der Waals surface area contributed by atoms with Crippen molar-refractivity contribution in [3.05, 3.63) is 59.4 Å². The molecule has 2 aromatic rings. The third-order valence-electron chi connectivity index (χ3n) is 5.64. The molecular formula is C22H28Cl2FN3O2. The number of carbonyl (C=O) groups excluding carboxylic acids is 1. The van der Waals surface area contributed by atoms with E-state index in [0.717, 1.165) is 37.2 Å². The van der Waals surface area contributed by atoms with Crippen molar-refractivity contribution in [1.82, 2.24) is 10.2 Å². The topological polar surface area (TPSA) is 44.8 Å².